The number of hydrogen-bond donors (Lipinski definition) is 1. The molecule has 0 aromatic heterocycles. The molecule has 1 saturated heterocycles. The summed E-state index contributed by atoms with van der Waals surface area (Å²) in [6, 6.07) is 4.99. The van der Waals surface area contributed by atoms with Gasteiger partial charge in [-0.3, -0.25) is 9.69 Å². The summed E-state index contributed by atoms with van der Waals surface area (Å²) in [6.45, 7) is 3.43. The normalized spacial score (nSPS) is 33.5. The number of carbonyl (C=O) groups excluding carboxylic acids is 1. The molecule has 1 aromatic rings. The first kappa shape index (κ1) is 21.3. The van der Waals surface area contributed by atoms with Crippen LogP contribution in [0.15, 0.2) is 29.2 Å². The van der Waals surface area contributed by atoms with Gasteiger partial charge in [0.1, 0.15) is 5.82 Å². The third kappa shape index (κ3) is 4.14. The van der Waals surface area contributed by atoms with Gasteiger partial charge < -0.3 is 5.32 Å². The van der Waals surface area contributed by atoms with E-state index in [4.69, 9.17) is 0 Å². The predicted molar refractivity (Wildman–Crippen MR) is 115 cm³/mol. The van der Waals surface area contributed by atoms with Crippen molar-refractivity contribution in [1.82, 2.24) is 14.5 Å². The zero-order valence-corrected chi connectivity index (χ0v) is 18.7. The van der Waals surface area contributed by atoms with Gasteiger partial charge >= 0.3 is 0 Å². The van der Waals surface area contributed by atoms with Gasteiger partial charge in [0.15, 0.2) is 0 Å². The Morgan fingerprint density at radius 3 is 2.06 bits per heavy atom. The zero-order valence-electron chi connectivity index (χ0n) is 17.9. The molecular formula is C23H32FN3O3S. The van der Waals surface area contributed by atoms with Crippen LogP contribution in [0.3, 0.4) is 0 Å². The van der Waals surface area contributed by atoms with Crippen LogP contribution in [0.25, 0.3) is 0 Å². The quantitative estimate of drug-likeness (QED) is 0.724. The van der Waals surface area contributed by atoms with Crippen LogP contribution in [0, 0.1) is 29.0 Å². The molecule has 31 heavy (non-hydrogen) atoms. The minimum Gasteiger partial charge on any atom is -0.354 e. The Morgan fingerprint density at radius 2 is 1.52 bits per heavy atom. The number of benzene rings is 1. The van der Waals surface area contributed by atoms with Crippen molar-refractivity contribution < 1.29 is 17.6 Å². The minimum atomic E-state index is -3.59. The van der Waals surface area contributed by atoms with Crippen LogP contribution in [-0.2, 0) is 14.8 Å². The van der Waals surface area contributed by atoms with Crippen molar-refractivity contribution in [3.8, 4) is 0 Å². The lowest BCUT2D eigenvalue weighted by Gasteiger charge is -2.55. The van der Waals surface area contributed by atoms with Gasteiger partial charge in [0.2, 0.25) is 15.9 Å². The molecule has 1 N–H and O–H groups in total. The molecule has 1 amide bonds. The molecule has 5 fully saturated rings. The number of piperazine rings is 1. The van der Waals surface area contributed by atoms with Crippen molar-refractivity contribution in [3.05, 3.63) is 30.1 Å². The topological polar surface area (TPSA) is 69.7 Å². The minimum absolute atomic E-state index is 0.114. The molecule has 0 unspecified atom stereocenters. The Kier molecular flexibility index (Phi) is 5.59. The van der Waals surface area contributed by atoms with Crippen LogP contribution in [0.2, 0.25) is 0 Å². The molecule has 1 aromatic carbocycles. The molecule has 1 aliphatic heterocycles. The highest BCUT2D eigenvalue weighted by Crippen LogP contribution is 2.60. The predicted octanol–water partition coefficient (Wildman–Crippen LogP) is 2.46. The molecule has 1 heterocycles. The van der Waals surface area contributed by atoms with E-state index in [9.17, 15) is 17.6 Å². The van der Waals surface area contributed by atoms with Crippen LogP contribution >= 0.6 is 0 Å². The SMILES string of the molecule is O=C(NCCN1CCN(S(=O)(=O)c2ccc(F)cc2)CC1)C12CC3CC(CC(C3)C1)C2. The Bertz CT molecular complexity index is 891. The van der Waals surface area contributed by atoms with E-state index >= 15 is 0 Å². The summed E-state index contributed by atoms with van der Waals surface area (Å²) in [4.78, 5) is 15.4. The van der Waals surface area contributed by atoms with Crippen LogP contribution in [-0.4, -0.2) is 62.8 Å². The molecule has 0 spiro atoms. The van der Waals surface area contributed by atoms with Crippen LogP contribution in [0.4, 0.5) is 4.39 Å². The fourth-order valence-electron chi connectivity index (χ4n) is 6.85. The van der Waals surface area contributed by atoms with Crippen molar-refractivity contribution in [2.75, 3.05) is 39.3 Å². The lowest BCUT2D eigenvalue weighted by Crippen LogP contribution is -2.55. The van der Waals surface area contributed by atoms with E-state index in [1.807, 2.05) is 0 Å². The Hall–Kier alpha value is -1.51. The average molecular weight is 450 g/mol. The van der Waals surface area contributed by atoms with E-state index in [2.05, 4.69) is 10.2 Å². The summed E-state index contributed by atoms with van der Waals surface area (Å²) in [7, 11) is -3.59. The fraction of sp³-hybridized carbons (Fsp3) is 0.696. The van der Waals surface area contributed by atoms with E-state index in [1.165, 1.54) is 47.8 Å². The fourth-order valence-corrected chi connectivity index (χ4v) is 8.28. The number of carbonyl (C=O) groups is 1. The molecule has 8 heteroatoms. The summed E-state index contributed by atoms with van der Waals surface area (Å²) in [5.41, 5.74) is -0.114. The van der Waals surface area contributed by atoms with E-state index < -0.39 is 15.8 Å². The molecular weight excluding hydrogens is 417 g/mol. The van der Waals surface area contributed by atoms with Gasteiger partial charge in [-0.25, -0.2) is 12.8 Å². The second-order valence-corrected chi connectivity index (χ2v) is 12.1. The monoisotopic (exact) mass is 449 g/mol. The van der Waals surface area contributed by atoms with Crippen LogP contribution in [0.1, 0.15) is 38.5 Å². The van der Waals surface area contributed by atoms with Gasteiger partial charge in [0.05, 0.1) is 4.90 Å². The third-order valence-corrected chi connectivity index (χ3v) is 9.93. The lowest BCUT2D eigenvalue weighted by atomic mass is 9.49. The van der Waals surface area contributed by atoms with Gasteiger partial charge in [-0.2, -0.15) is 4.31 Å². The number of halogens is 1. The number of amides is 1. The van der Waals surface area contributed by atoms with Crippen molar-refractivity contribution >= 4 is 15.9 Å². The largest absolute Gasteiger partial charge is 0.354 e. The van der Waals surface area contributed by atoms with Crippen molar-refractivity contribution in [2.45, 2.75) is 43.4 Å². The van der Waals surface area contributed by atoms with E-state index in [0.717, 1.165) is 43.6 Å². The van der Waals surface area contributed by atoms with Crippen LogP contribution < -0.4 is 5.32 Å². The lowest BCUT2D eigenvalue weighted by molar-refractivity contribution is -0.146. The van der Waals surface area contributed by atoms with Gasteiger partial charge in [-0.1, -0.05) is 0 Å². The van der Waals surface area contributed by atoms with Gasteiger partial charge in [-0.05, 0) is 80.5 Å². The highest BCUT2D eigenvalue weighted by molar-refractivity contribution is 7.89. The number of nitrogens with zero attached hydrogens (tertiary/aromatic N) is 2. The maximum atomic E-state index is 13.1. The molecule has 4 bridgehead atoms. The van der Waals surface area contributed by atoms with Gasteiger partial charge in [0.25, 0.3) is 0 Å². The van der Waals surface area contributed by atoms with Crippen molar-refractivity contribution in [1.29, 1.82) is 0 Å². The number of hydrogen-bond acceptors (Lipinski definition) is 4. The van der Waals surface area contributed by atoms with Gasteiger partial charge in [-0.15, -0.1) is 0 Å². The summed E-state index contributed by atoms with van der Waals surface area (Å²) in [6.07, 6.45) is 7.22. The Morgan fingerprint density at radius 1 is 0.968 bits per heavy atom. The molecule has 6 rings (SSSR count). The summed E-state index contributed by atoms with van der Waals surface area (Å²) in [5.74, 6) is 2.08. The van der Waals surface area contributed by atoms with Crippen LogP contribution in [0.5, 0.6) is 0 Å². The first-order valence-corrected chi connectivity index (χ1v) is 13.0. The highest BCUT2D eigenvalue weighted by atomic mass is 32.2. The number of sulfonamides is 1. The second-order valence-electron chi connectivity index (χ2n) is 10.2. The number of rotatable bonds is 6. The average Bonchev–Trinajstić information content (AvgIpc) is 2.73. The molecule has 170 valence electrons. The Balaban J connectivity index is 1.09. The maximum absolute atomic E-state index is 13.1. The highest BCUT2D eigenvalue weighted by Gasteiger charge is 2.54. The third-order valence-electron chi connectivity index (χ3n) is 8.02. The summed E-state index contributed by atoms with van der Waals surface area (Å²) < 4.78 is 40.1. The first-order chi connectivity index (χ1) is 14.8. The first-order valence-electron chi connectivity index (χ1n) is 11.6. The van der Waals surface area contributed by atoms with E-state index in [-0.39, 0.29) is 16.2 Å². The smallest absolute Gasteiger partial charge is 0.243 e. The van der Waals surface area contributed by atoms with E-state index in [1.54, 1.807) is 0 Å². The molecule has 0 radical (unpaired) electrons. The summed E-state index contributed by atoms with van der Waals surface area (Å²) in [5, 5.41) is 3.21. The standard InChI is InChI=1S/C23H32FN3O3S/c24-20-1-3-21(4-2-20)31(29,30)27-9-7-26(8-10-27)6-5-25-22(28)23-14-17-11-18(15-23)13-19(12-17)16-23/h1-4,17-19H,5-16H2,(H,25,28). The molecule has 6 nitrogen and oxygen atoms in total. The van der Waals surface area contributed by atoms with Gasteiger partial charge in [0, 0.05) is 44.7 Å². The molecule has 0 atom stereocenters. The zero-order chi connectivity index (χ0) is 21.6. The van der Waals surface area contributed by atoms with E-state index in [0.29, 0.717) is 32.7 Å². The molecule has 4 aliphatic carbocycles. The van der Waals surface area contributed by atoms with Crippen molar-refractivity contribution in [3.63, 3.8) is 0 Å². The summed E-state index contributed by atoms with van der Waals surface area (Å²) >= 11 is 0. The second kappa shape index (κ2) is 8.12. The maximum Gasteiger partial charge on any atom is 0.243 e. The van der Waals surface area contributed by atoms with Crippen molar-refractivity contribution in [2.24, 2.45) is 23.2 Å². The number of nitrogens with one attached hydrogen (secondary N) is 1. The molecule has 4 saturated carbocycles. The Labute approximate surface area is 184 Å². The molecule has 5 aliphatic rings.